The van der Waals surface area contributed by atoms with Crippen LogP contribution in [0.4, 0.5) is 5.13 Å². The first-order valence-electron chi connectivity index (χ1n) is 8.29. The summed E-state index contributed by atoms with van der Waals surface area (Å²) < 4.78 is 11.6. The molecular formula is C20H14Cl2N2O3S. The molecule has 0 radical (unpaired) electrons. The summed E-state index contributed by atoms with van der Waals surface area (Å²) in [6.45, 7) is 0.220. The number of benzene rings is 2. The maximum Gasteiger partial charge on any atom is 0.260 e. The van der Waals surface area contributed by atoms with E-state index in [1.807, 2.05) is 0 Å². The molecule has 142 valence electrons. The van der Waals surface area contributed by atoms with Crippen molar-refractivity contribution >= 4 is 55.8 Å². The maximum atomic E-state index is 13.3. The molecule has 0 bridgehead atoms. The molecule has 2 aromatic heterocycles. The van der Waals surface area contributed by atoms with Gasteiger partial charge >= 0.3 is 0 Å². The van der Waals surface area contributed by atoms with Crippen LogP contribution < -0.4 is 9.64 Å². The molecule has 5 nitrogen and oxygen atoms in total. The van der Waals surface area contributed by atoms with Crippen LogP contribution in [0, 0.1) is 0 Å². The van der Waals surface area contributed by atoms with E-state index in [4.69, 9.17) is 32.4 Å². The van der Waals surface area contributed by atoms with Gasteiger partial charge in [-0.2, -0.15) is 0 Å². The molecule has 0 aliphatic carbocycles. The van der Waals surface area contributed by atoms with Crippen LogP contribution in [-0.4, -0.2) is 18.0 Å². The minimum absolute atomic E-state index is 0.220. The quantitative estimate of drug-likeness (QED) is 0.384. The molecule has 0 N–H and O–H groups in total. The van der Waals surface area contributed by atoms with E-state index in [0.717, 1.165) is 4.70 Å². The molecule has 2 aromatic carbocycles. The summed E-state index contributed by atoms with van der Waals surface area (Å²) in [6.07, 6.45) is 1.57. The number of halogens is 2. The number of hydrogen-bond acceptors (Lipinski definition) is 5. The van der Waals surface area contributed by atoms with Crippen LogP contribution in [0.15, 0.2) is 59.2 Å². The standard InChI is InChI=1S/C20H14Cl2N2O3S/c1-26-16-8-7-15(22)18-17(16)23-20(28-18)24(11-14-6-3-9-27-14)19(25)12-4-2-5-13(21)10-12/h2-10H,11H2,1H3. The molecule has 0 aliphatic rings. The fourth-order valence-corrected chi connectivity index (χ4v) is 4.23. The third-order valence-electron chi connectivity index (χ3n) is 4.11. The number of amides is 1. The zero-order chi connectivity index (χ0) is 19.7. The van der Waals surface area contributed by atoms with Gasteiger partial charge in [-0.05, 0) is 42.5 Å². The van der Waals surface area contributed by atoms with E-state index in [1.165, 1.54) is 11.3 Å². The zero-order valence-electron chi connectivity index (χ0n) is 14.7. The fourth-order valence-electron chi connectivity index (χ4n) is 2.78. The van der Waals surface area contributed by atoms with Crippen LogP contribution in [0.25, 0.3) is 10.2 Å². The average molecular weight is 433 g/mol. The Hall–Kier alpha value is -2.54. The number of ether oxygens (including phenoxy) is 1. The van der Waals surface area contributed by atoms with Gasteiger partial charge in [0.05, 0.1) is 29.6 Å². The Morgan fingerprint density at radius 3 is 2.79 bits per heavy atom. The second-order valence-electron chi connectivity index (χ2n) is 5.90. The largest absolute Gasteiger partial charge is 0.494 e. The predicted octanol–water partition coefficient (Wildman–Crippen LogP) is 6.05. The Labute approximate surface area is 175 Å². The molecule has 0 atom stereocenters. The van der Waals surface area contributed by atoms with Crippen molar-refractivity contribution in [3.63, 3.8) is 0 Å². The summed E-state index contributed by atoms with van der Waals surface area (Å²) in [5.74, 6) is 0.982. The Morgan fingerprint density at radius 1 is 1.21 bits per heavy atom. The van der Waals surface area contributed by atoms with Crippen LogP contribution in [-0.2, 0) is 6.54 Å². The number of hydrogen-bond donors (Lipinski definition) is 0. The summed E-state index contributed by atoms with van der Waals surface area (Å²) in [4.78, 5) is 19.4. The number of carbonyl (C=O) groups excluding carboxylic acids is 1. The number of fused-ring (bicyclic) bond motifs is 1. The number of thiazole rings is 1. The SMILES string of the molecule is COc1ccc(Cl)c2sc(N(Cc3ccco3)C(=O)c3cccc(Cl)c3)nc12. The lowest BCUT2D eigenvalue weighted by molar-refractivity contribution is 0.0983. The Kier molecular flexibility index (Phi) is 5.26. The Morgan fingerprint density at radius 2 is 2.07 bits per heavy atom. The monoisotopic (exact) mass is 432 g/mol. The van der Waals surface area contributed by atoms with Crippen molar-refractivity contribution in [2.45, 2.75) is 6.54 Å². The highest BCUT2D eigenvalue weighted by atomic mass is 35.5. The number of furan rings is 1. The molecule has 0 spiro atoms. The van der Waals surface area contributed by atoms with Gasteiger partial charge in [-0.25, -0.2) is 4.98 Å². The van der Waals surface area contributed by atoms with Gasteiger partial charge in [0.25, 0.3) is 5.91 Å². The third-order valence-corrected chi connectivity index (χ3v) is 5.88. The lowest BCUT2D eigenvalue weighted by atomic mass is 10.2. The number of methoxy groups -OCH3 is 1. The molecule has 2 heterocycles. The van der Waals surface area contributed by atoms with Gasteiger partial charge in [0, 0.05) is 10.6 Å². The van der Waals surface area contributed by atoms with Gasteiger partial charge < -0.3 is 9.15 Å². The molecule has 0 aliphatic heterocycles. The van der Waals surface area contributed by atoms with Gasteiger partial charge in [0.1, 0.15) is 17.0 Å². The molecule has 1 amide bonds. The summed E-state index contributed by atoms with van der Waals surface area (Å²) >= 11 is 13.7. The highest BCUT2D eigenvalue weighted by molar-refractivity contribution is 7.23. The van der Waals surface area contributed by atoms with E-state index >= 15 is 0 Å². The first kappa shape index (κ1) is 18.8. The molecule has 0 unspecified atom stereocenters. The highest BCUT2D eigenvalue weighted by Gasteiger charge is 2.24. The van der Waals surface area contributed by atoms with Crippen LogP contribution in [0.5, 0.6) is 5.75 Å². The number of carbonyl (C=O) groups is 1. The first-order valence-corrected chi connectivity index (χ1v) is 9.87. The number of aromatic nitrogens is 1. The molecule has 0 fully saturated rings. The van der Waals surface area contributed by atoms with Crippen molar-refractivity contribution in [1.82, 2.24) is 4.98 Å². The molecule has 4 rings (SSSR count). The second-order valence-corrected chi connectivity index (χ2v) is 7.73. The van der Waals surface area contributed by atoms with Gasteiger partial charge in [0.15, 0.2) is 5.13 Å². The van der Waals surface area contributed by atoms with Crippen LogP contribution >= 0.6 is 34.5 Å². The lowest BCUT2D eigenvalue weighted by Crippen LogP contribution is -2.30. The van der Waals surface area contributed by atoms with Crippen LogP contribution in [0.2, 0.25) is 10.0 Å². The van der Waals surface area contributed by atoms with E-state index in [1.54, 1.807) is 66.8 Å². The maximum absolute atomic E-state index is 13.3. The van der Waals surface area contributed by atoms with Gasteiger partial charge in [-0.15, -0.1) is 0 Å². The molecule has 0 saturated heterocycles. The summed E-state index contributed by atoms with van der Waals surface area (Å²) in [5.41, 5.74) is 1.06. The average Bonchev–Trinajstić information content (AvgIpc) is 3.36. The van der Waals surface area contributed by atoms with E-state index in [9.17, 15) is 4.79 Å². The van der Waals surface area contributed by atoms with E-state index in [-0.39, 0.29) is 12.5 Å². The normalized spacial score (nSPS) is 11.0. The summed E-state index contributed by atoms with van der Waals surface area (Å²) in [6, 6.07) is 13.9. The minimum Gasteiger partial charge on any atom is -0.494 e. The minimum atomic E-state index is -0.243. The summed E-state index contributed by atoms with van der Waals surface area (Å²) in [5, 5.41) is 1.52. The second kappa shape index (κ2) is 7.83. The molecule has 28 heavy (non-hydrogen) atoms. The number of rotatable bonds is 5. The van der Waals surface area contributed by atoms with Crippen molar-refractivity contribution in [2.75, 3.05) is 12.0 Å². The molecule has 8 heteroatoms. The van der Waals surface area contributed by atoms with E-state index in [0.29, 0.717) is 37.8 Å². The van der Waals surface area contributed by atoms with Crippen molar-refractivity contribution < 1.29 is 13.9 Å². The molecular weight excluding hydrogens is 419 g/mol. The van der Waals surface area contributed by atoms with Gasteiger partial charge in [-0.3, -0.25) is 9.69 Å². The smallest absolute Gasteiger partial charge is 0.260 e. The van der Waals surface area contributed by atoms with Gasteiger partial charge in [0.2, 0.25) is 0 Å². The van der Waals surface area contributed by atoms with E-state index in [2.05, 4.69) is 4.98 Å². The number of nitrogens with zero attached hydrogens (tertiary/aromatic N) is 2. The van der Waals surface area contributed by atoms with Crippen molar-refractivity contribution in [3.8, 4) is 5.75 Å². The highest BCUT2D eigenvalue weighted by Crippen LogP contribution is 2.39. The predicted molar refractivity (Wildman–Crippen MR) is 112 cm³/mol. The Balaban J connectivity index is 1.82. The Bertz CT molecular complexity index is 1140. The molecule has 0 saturated carbocycles. The van der Waals surface area contributed by atoms with E-state index < -0.39 is 0 Å². The lowest BCUT2D eigenvalue weighted by Gasteiger charge is -2.19. The van der Waals surface area contributed by atoms with Crippen molar-refractivity contribution in [1.29, 1.82) is 0 Å². The van der Waals surface area contributed by atoms with Gasteiger partial charge in [-0.1, -0.05) is 40.6 Å². The topological polar surface area (TPSA) is 55.6 Å². The fraction of sp³-hybridized carbons (Fsp3) is 0.100. The first-order chi connectivity index (χ1) is 13.6. The van der Waals surface area contributed by atoms with Crippen molar-refractivity contribution in [3.05, 3.63) is 76.2 Å². The molecule has 4 aromatic rings. The number of anilines is 1. The van der Waals surface area contributed by atoms with Crippen LogP contribution in [0.1, 0.15) is 16.1 Å². The third kappa shape index (κ3) is 3.58. The summed E-state index contributed by atoms with van der Waals surface area (Å²) in [7, 11) is 1.57. The zero-order valence-corrected chi connectivity index (χ0v) is 17.0. The van der Waals surface area contributed by atoms with Crippen LogP contribution in [0.3, 0.4) is 0 Å². The van der Waals surface area contributed by atoms with Crippen molar-refractivity contribution in [2.24, 2.45) is 0 Å².